The van der Waals surface area contributed by atoms with Gasteiger partial charge in [0.25, 0.3) is 0 Å². The first kappa shape index (κ1) is 14.5. The lowest BCUT2D eigenvalue weighted by Gasteiger charge is -2.19. The van der Waals surface area contributed by atoms with Gasteiger partial charge in [-0.3, -0.25) is 0 Å². The molecule has 2 rings (SSSR count). The van der Waals surface area contributed by atoms with Gasteiger partial charge in [0.15, 0.2) is 0 Å². The minimum absolute atomic E-state index is 0.155. The topological polar surface area (TPSA) is 63.0 Å². The maximum absolute atomic E-state index is 5.49. The minimum atomic E-state index is 0.155. The van der Waals surface area contributed by atoms with Crippen molar-refractivity contribution >= 4 is 11.7 Å². The average molecular weight is 274 g/mol. The van der Waals surface area contributed by atoms with Crippen molar-refractivity contribution < 1.29 is 4.42 Å². The van der Waals surface area contributed by atoms with Crippen molar-refractivity contribution in [2.24, 2.45) is 0 Å². The van der Waals surface area contributed by atoms with Gasteiger partial charge in [0.2, 0.25) is 5.89 Å². The van der Waals surface area contributed by atoms with Crippen molar-refractivity contribution in [3.63, 3.8) is 0 Å². The van der Waals surface area contributed by atoms with E-state index in [1.165, 1.54) is 5.56 Å². The van der Waals surface area contributed by atoms with Gasteiger partial charge in [-0.05, 0) is 29.7 Å². The van der Waals surface area contributed by atoms with Crippen LogP contribution < -0.4 is 10.6 Å². The molecule has 0 spiro atoms. The van der Waals surface area contributed by atoms with Crippen molar-refractivity contribution in [1.82, 2.24) is 15.5 Å². The molecule has 0 bridgehead atoms. The van der Waals surface area contributed by atoms with Crippen LogP contribution in [0.3, 0.4) is 0 Å². The highest BCUT2D eigenvalue weighted by Gasteiger charge is 2.13. The van der Waals surface area contributed by atoms with E-state index >= 15 is 0 Å². The largest absolute Gasteiger partial charge is 0.406 e. The van der Waals surface area contributed by atoms with E-state index in [4.69, 9.17) is 4.42 Å². The van der Waals surface area contributed by atoms with Crippen LogP contribution in [0.5, 0.6) is 0 Å². The van der Waals surface area contributed by atoms with Crippen molar-refractivity contribution in [3.8, 4) is 0 Å². The molecule has 0 unspecified atom stereocenters. The second kappa shape index (κ2) is 6.05. The fourth-order valence-corrected chi connectivity index (χ4v) is 1.78. The van der Waals surface area contributed by atoms with E-state index in [2.05, 4.69) is 53.7 Å². The smallest absolute Gasteiger partial charge is 0.320 e. The zero-order valence-corrected chi connectivity index (χ0v) is 12.5. The standard InChI is InChI=1S/C15H22N4O/c1-5-16-10-13-18-19-14(20-13)17-12-8-6-11(7-9-12)15(2,3)4/h6-9,16H,5,10H2,1-4H3,(H,17,19). The Morgan fingerprint density at radius 3 is 2.40 bits per heavy atom. The Kier molecular flexibility index (Phi) is 4.39. The van der Waals surface area contributed by atoms with Crippen LogP contribution in [0, 0.1) is 0 Å². The summed E-state index contributed by atoms with van der Waals surface area (Å²) in [6, 6.07) is 8.68. The second-order valence-electron chi connectivity index (χ2n) is 5.73. The van der Waals surface area contributed by atoms with Gasteiger partial charge in [-0.2, -0.15) is 0 Å². The van der Waals surface area contributed by atoms with Crippen LogP contribution in [0.2, 0.25) is 0 Å². The lowest BCUT2D eigenvalue weighted by Crippen LogP contribution is -2.11. The summed E-state index contributed by atoms with van der Waals surface area (Å²) < 4.78 is 5.49. The predicted molar refractivity (Wildman–Crippen MR) is 80.1 cm³/mol. The maximum atomic E-state index is 5.49. The third kappa shape index (κ3) is 3.81. The van der Waals surface area contributed by atoms with E-state index in [1.807, 2.05) is 19.1 Å². The van der Waals surface area contributed by atoms with Crippen molar-refractivity contribution in [1.29, 1.82) is 0 Å². The Balaban J connectivity index is 2.01. The highest BCUT2D eigenvalue weighted by molar-refractivity contribution is 5.52. The molecule has 1 heterocycles. The predicted octanol–water partition coefficient (Wildman–Crippen LogP) is 3.22. The summed E-state index contributed by atoms with van der Waals surface area (Å²) >= 11 is 0. The molecule has 2 aromatic rings. The minimum Gasteiger partial charge on any atom is -0.406 e. The third-order valence-electron chi connectivity index (χ3n) is 3.00. The molecule has 108 valence electrons. The van der Waals surface area contributed by atoms with E-state index in [9.17, 15) is 0 Å². The summed E-state index contributed by atoms with van der Waals surface area (Å²) in [5.41, 5.74) is 2.39. The molecule has 1 aromatic heterocycles. The molecule has 0 fully saturated rings. The summed E-state index contributed by atoms with van der Waals surface area (Å²) in [6.45, 7) is 10.1. The van der Waals surface area contributed by atoms with Gasteiger partial charge < -0.3 is 15.1 Å². The normalized spacial score (nSPS) is 11.6. The quantitative estimate of drug-likeness (QED) is 0.876. The van der Waals surface area contributed by atoms with Gasteiger partial charge in [0, 0.05) is 5.69 Å². The van der Waals surface area contributed by atoms with Gasteiger partial charge in [-0.25, -0.2) is 0 Å². The van der Waals surface area contributed by atoms with Crippen molar-refractivity contribution in [3.05, 3.63) is 35.7 Å². The molecular weight excluding hydrogens is 252 g/mol. The summed E-state index contributed by atoms with van der Waals surface area (Å²) in [7, 11) is 0. The van der Waals surface area contributed by atoms with E-state index in [1.54, 1.807) is 0 Å². The molecule has 0 saturated heterocycles. The molecule has 0 aliphatic rings. The number of nitrogens with one attached hydrogen (secondary N) is 2. The Bertz CT molecular complexity index is 540. The fraction of sp³-hybridized carbons (Fsp3) is 0.467. The van der Waals surface area contributed by atoms with Crippen LogP contribution in [0.1, 0.15) is 39.1 Å². The molecule has 5 nitrogen and oxygen atoms in total. The molecule has 0 amide bonds. The van der Waals surface area contributed by atoms with Crippen LogP contribution in [0.15, 0.2) is 28.7 Å². The first-order valence-electron chi connectivity index (χ1n) is 6.89. The zero-order chi connectivity index (χ0) is 14.6. The summed E-state index contributed by atoms with van der Waals surface area (Å²) in [6.07, 6.45) is 0. The second-order valence-corrected chi connectivity index (χ2v) is 5.73. The first-order valence-corrected chi connectivity index (χ1v) is 6.89. The summed E-state index contributed by atoms with van der Waals surface area (Å²) in [5.74, 6) is 0.584. The van der Waals surface area contributed by atoms with Crippen LogP contribution in [0.25, 0.3) is 0 Å². The van der Waals surface area contributed by atoms with E-state index in [0.29, 0.717) is 18.5 Å². The average Bonchev–Trinajstić information content (AvgIpc) is 2.83. The Hall–Kier alpha value is -1.88. The highest BCUT2D eigenvalue weighted by atomic mass is 16.4. The number of anilines is 2. The fourth-order valence-electron chi connectivity index (χ4n) is 1.78. The number of benzene rings is 1. The number of aromatic nitrogens is 2. The zero-order valence-electron chi connectivity index (χ0n) is 12.5. The van der Waals surface area contributed by atoms with E-state index in [0.717, 1.165) is 12.2 Å². The summed E-state index contributed by atoms with van der Waals surface area (Å²) in [4.78, 5) is 0. The number of hydrogen-bond acceptors (Lipinski definition) is 5. The monoisotopic (exact) mass is 274 g/mol. The van der Waals surface area contributed by atoms with Crippen LogP contribution in [-0.2, 0) is 12.0 Å². The van der Waals surface area contributed by atoms with Crippen LogP contribution >= 0.6 is 0 Å². The Morgan fingerprint density at radius 2 is 1.80 bits per heavy atom. The van der Waals surface area contributed by atoms with Crippen LogP contribution in [0.4, 0.5) is 11.7 Å². The Morgan fingerprint density at radius 1 is 1.10 bits per heavy atom. The Labute approximate surface area is 119 Å². The molecule has 0 atom stereocenters. The van der Waals surface area contributed by atoms with Crippen LogP contribution in [-0.4, -0.2) is 16.7 Å². The van der Waals surface area contributed by atoms with Crippen molar-refractivity contribution in [2.45, 2.75) is 39.7 Å². The van der Waals surface area contributed by atoms with E-state index in [-0.39, 0.29) is 5.41 Å². The SMILES string of the molecule is CCNCc1nnc(Nc2ccc(C(C)(C)C)cc2)o1. The maximum Gasteiger partial charge on any atom is 0.320 e. The van der Waals surface area contributed by atoms with Gasteiger partial charge in [-0.1, -0.05) is 44.9 Å². The van der Waals surface area contributed by atoms with Gasteiger partial charge in [0.1, 0.15) is 0 Å². The molecule has 2 N–H and O–H groups in total. The molecule has 20 heavy (non-hydrogen) atoms. The summed E-state index contributed by atoms with van der Waals surface area (Å²) in [5, 5.41) is 14.2. The molecule has 1 aromatic carbocycles. The number of hydrogen-bond donors (Lipinski definition) is 2. The lowest BCUT2D eigenvalue weighted by atomic mass is 9.87. The molecule has 0 aliphatic carbocycles. The van der Waals surface area contributed by atoms with Gasteiger partial charge in [0.05, 0.1) is 6.54 Å². The number of nitrogens with zero attached hydrogens (tertiary/aromatic N) is 2. The molecule has 5 heteroatoms. The third-order valence-corrected chi connectivity index (χ3v) is 3.00. The van der Waals surface area contributed by atoms with E-state index < -0.39 is 0 Å². The highest BCUT2D eigenvalue weighted by Crippen LogP contribution is 2.24. The molecule has 0 aliphatic heterocycles. The molecule has 0 saturated carbocycles. The lowest BCUT2D eigenvalue weighted by molar-refractivity contribution is 0.484. The van der Waals surface area contributed by atoms with Gasteiger partial charge in [-0.15, -0.1) is 5.10 Å². The van der Waals surface area contributed by atoms with Gasteiger partial charge >= 0.3 is 6.01 Å². The number of rotatable bonds is 5. The first-order chi connectivity index (χ1) is 9.49. The molecular formula is C15H22N4O. The molecule has 0 radical (unpaired) electrons. The van der Waals surface area contributed by atoms with Crippen molar-refractivity contribution in [2.75, 3.05) is 11.9 Å².